The normalized spacial score (nSPS) is 21.9. The van der Waals surface area contributed by atoms with Gasteiger partial charge >= 0.3 is 0 Å². The number of fused-ring (bicyclic) bond motifs is 2. The van der Waals surface area contributed by atoms with E-state index in [0.717, 1.165) is 24.8 Å². The Bertz CT molecular complexity index is 996. The van der Waals surface area contributed by atoms with Gasteiger partial charge < -0.3 is 9.64 Å². The van der Waals surface area contributed by atoms with Crippen LogP contribution in [0.1, 0.15) is 69.8 Å². The number of benzene rings is 2. The molecule has 0 bridgehead atoms. The van der Waals surface area contributed by atoms with Gasteiger partial charge in [-0.05, 0) is 116 Å². The molecule has 2 saturated heterocycles. The van der Waals surface area contributed by atoms with Crippen molar-refractivity contribution in [2.45, 2.75) is 80.0 Å². The van der Waals surface area contributed by atoms with Gasteiger partial charge in [-0.25, -0.2) is 0 Å². The molecular formula is C28H35NOS2. The molecule has 0 saturated carbocycles. The predicted molar refractivity (Wildman–Crippen MR) is 139 cm³/mol. The van der Waals surface area contributed by atoms with E-state index >= 15 is 0 Å². The molecule has 4 heteroatoms. The molecule has 2 aliphatic rings. The SMILES string of the molecule is CCCCOc1ccc(Sc2ccc3scc(C4CCC5CCCCN5CC4)c3c2)cc1. The Morgan fingerprint density at radius 1 is 0.969 bits per heavy atom. The third-order valence-electron chi connectivity index (χ3n) is 7.20. The number of unbranched alkanes of at least 4 members (excludes halogenated alkanes) is 1. The summed E-state index contributed by atoms with van der Waals surface area (Å²) in [6.07, 6.45) is 10.6. The average molecular weight is 466 g/mol. The van der Waals surface area contributed by atoms with Crippen LogP contribution >= 0.6 is 23.1 Å². The first kappa shape index (κ1) is 22.3. The van der Waals surface area contributed by atoms with E-state index in [9.17, 15) is 0 Å². The summed E-state index contributed by atoms with van der Waals surface area (Å²) in [7, 11) is 0. The smallest absolute Gasteiger partial charge is 0.119 e. The van der Waals surface area contributed by atoms with Gasteiger partial charge in [0.2, 0.25) is 0 Å². The maximum absolute atomic E-state index is 5.82. The van der Waals surface area contributed by atoms with Crippen molar-refractivity contribution in [3.63, 3.8) is 0 Å². The van der Waals surface area contributed by atoms with Crippen molar-refractivity contribution in [3.05, 3.63) is 53.4 Å². The number of thiophene rings is 1. The first-order chi connectivity index (χ1) is 15.8. The molecule has 3 aromatic rings. The number of piperidine rings is 1. The quantitative estimate of drug-likeness (QED) is 0.325. The molecule has 32 heavy (non-hydrogen) atoms. The lowest BCUT2D eigenvalue weighted by Gasteiger charge is -2.33. The molecule has 3 heterocycles. The number of hydrogen-bond acceptors (Lipinski definition) is 4. The summed E-state index contributed by atoms with van der Waals surface area (Å²) in [5.74, 6) is 1.69. The third kappa shape index (κ3) is 5.18. The van der Waals surface area contributed by atoms with Crippen LogP contribution in [0, 0.1) is 0 Å². The van der Waals surface area contributed by atoms with Crippen LogP contribution in [0.15, 0.2) is 57.6 Å². The summed E-state index contributed by atoms with van der Waals surface area (Å²) in [5.41, 5.74) is 1.60. The highest BCUT2D eigenvalue weighted by molar-refractivity contribution is 7.99. The van der Waals surface area contributed by atoms with Crippen molar-refractivity contribution in [2.75, 3.05) is 19.7 Å². The zero-order valence-electron chi connectivity index (χ0n) is 19.2. The molecule has 0 radical (unpaired) electrons. The van der Waals surface area contributed by atoms with Gasteiger partial charge in [-0.2, -0.15) is 0 Å². The molecule has 2 aliphatic heterocycles. The van der Waals surface area contributed by atoms with Gasteiger partial charge in [0.1, 0.15) is 5.75 Å². The van der Waals surface area contributed by atoms with E-state index in [4.69, 9.17) is 4.74 Å². The first-order valence-electron chi connectivity index (χ1n) is 12.5. The molecule has 2 nitrogen and oxygen atoms in total. The maximum Gasteiger partial charge on any atom is 0.119 e. The minimum Gasteiger partial charge on any atom is -0.494 e. The summed E-state index contributed by atoms with van der Waals surface area (Å²) in [4.78, 5) is 5.40. The zero-order valence-corrected chi connectivity index (χ0v) is 20.9. The minimum absolute atomic E-state index is 0.717. The van der Waals surface area contributed by atoms with E-state index in [-0.39, 0.29) is 0 Å². The minimum atomic E-state index is 0.717. The van der Waals surface area contributed by atoms with Crippen LogP contribution < -0.4 is 4.74 Å². The molecular weight excluding hydrogens is 430 g/mol. The van der Waals surface area contributed by atoms with Crippen molar-refractivity contribution in [3.8, 4) is 5.75 Å². The van der Waals surface area contributed by atoms with Crippen molar-refractivity contribution in [2.24, 2.45) is 0 Å². The predicted octanol–water partition coefficient (Wildman–Crippen LogP) is 8.35. The van der Waals surface area contributed by atoms with E-state index < -0.39 is 0 Å². The van der Waals surface area contributed by atoms with Gasteiger partial charge in [-0.15, -0.1) is 11.3 Å². The second-order valence-corrected chi connectivity index (χ2v) is 11.4. The molecule has 0 spiro atoms. The van der Waals surface area contributed by atoms with E-state index in [1.54, 1.807) is 5.56 Å². The van der Waals surface area contributed by atoms with E-state index in [1.165, 1.54) is 77.9 Å². The number of hydrogen-bond donors (Lipinski definition) is 0. The second-order valence-electron chi connectivity index (χ2n) is 9.37. The summed E-state index contributed by atoms with van der Waals surface area (Å²) >= 11 is 3.79. The number of nitrogens with zero attached hydrogens (tertiary/aromatic N) is 1. The van der Waals surface area contributed by atoms with Crippen LogP contribution in [0.2, 0.25) is 0 Å². The topological polar surface area (TPSA) is 12.5 Å². The summed E-state index contributed by atoms with van der Waals surface area (Å²) < 4.78 is 7.25. The standard InChI is InChI=1S/C28H35NOS2/c1-2-3-18-30-23-9-11-24(12-10-23)32-25-13-14-28-26(19-25)27(20-31-28)21-7-8-22-6-4-5-16-29(22)17-15-21/h9-14,19-22H,2-8,15-18H2,1H3. The van der Waals surface area contributed by atoms with Crippen molar-refractivity contribution < 1.29 is 4.74 Å². The fourth-order valence-electron chi connectivity index (χ4n) is 5.33. The molecule has 5 rings (SSSR count). The average Bonchev–Trinajstić information content (AvgIpc) is 3.12. The highest BCUT2D eigenvalue weighted by Gasteiger charge is 2.28. The van der Waals surface area contributed by atoms with Crippen molar-refractivity contribution in [1.29, 1.82) is 0 Å². The lowest BCUT2D eigenvalue weighted by molar-refractivity contribution is 0.151. The zero-order chi connectivity index (χ0) is 21.8. The first-order valence-corrected chi connectivity index (χ1v) is 14.2. The van der Waals surface area contributed by atoms with Crippen LogP contribution in [-0.4, -0.2) is 30.6 Å². The monoisotopic (exact) mass is 465 g/mol. The highest BCUT2D eigenvalue weighted by Crippen LogP contribution is 2.41. The molecule has 2 atom stereocenters. The Labute approximate surface area is 201 Å². The third-order valence-corrected chi connectivity index (χ3v) is 9.18. The summed E-state index contributed by atoms with van der Waals surface area (Å²) in [5, 5.41) is 3.95. The highest BCUT2D eigenvalue weighted by atomic mass is 32.2. The van der Waals surface area contributed by atoms with Gasteiger partial charge in [0.05, 0.1) is 6.61 Å². The fraction of sp³-hybridized carbons (Fsp3) is 0.500. The molecule has 2 aromatic carbocycles. The maximum atomic E-state index is 5.82. The lowest BCUT2D eigenvalue weighted by Crippen LogP contribution is -2.38. The largest absolute Gasteiger partial charge is 0.494 e. The second kappa shape index (κ2) is 10.6. The molecule has 0 N–H and O–H groups in total. The van der Waals surface area contributed by atoms with Gasteiger partial charge in [0.15, 0.2) is 0 Å². The molecule has 170 valence electrons. The molecule has 2 fully saturated rings. The molecule has 2 unspecified atom stereocenters. The Kier molecular flexibility index (Phi) is 7.41. The van der Waals surface area contributed by atoms with Gasteiger partial charge in [0, 0.05) is 20.5 Å². The molecule has 0 amide bonds. The van der Waals surface area contributed by atoms with Crippen LogP contribution in [0.5, 0.6) is 5.75 Å². The summed E-state index contributed by atoms with van der Waals surface area (Å²) in [6, 6.07) is 16.5. The van der Waals surface area contributed by atoms with Gasteiger partial charge in [-0.1, -0.05) is 31.5 Å². The summed E-state index contributed by atoms with van der Waals surface area (Å²) in [6.45, 7) is 5.61. The molecule has 0 aliphatic carbocycles. The van der Waals surface area contributed by atoms with E-state index in [0.29, 0.717) is 5.92 Å². The number of rotatable bonds is 7. The van der Waals surface area contributed by atoms with Crippen LogP contribution in [0.4, 0.5) is 0 Å². The van der Waals surface area contributed by atoms with E-state index in [1.807, 2.05) is 23.1 Å². The Morgan fingerprint density at radius 2 is 1.84 bits per heavy atom. The van der Waals surface area contributed by atoms with Crippen LogP contribution in [-0.2, 0) is 0 Å². The van der Waals surface area contributed by atoms with Crippen LogP contribution in [0.25, 0.3) is 10.1 Å². The Morgan fingerprint density at radius 3 is 2.72 bits per heavy atom. The molecule has 1 aromatic heterocycles. The lowest BCUT2D eigenvalue weighted by atomic mass is 9.90. The number of ether oxygens (including phenoxy) is 1. The van der Waals surface area contributed by atoms with Crippen molar-refractivity contribution in [1.82, 2.24) is 4.90 Å². The Hall–Kier alpha value is -1.49. The van der Waals surface area contributed by atoms with E-state index in [2.05, 4.69) is 59.7 Å². The van der Waals surface area contributed by atoms with Crippen molar-refractivity contribution >= 4 is 33.2 Å². The van der Waals surface area contributed by atoms with Gasteiger partial charge in [0.25, 0.3) is 0 Å². The Balaban J connectivity index is 1.29. The van der Waals surface area contributed by atoms with Crippen LogP contribution in [0.3, 0.4) is 0 Å². The van der Waals surface area contributed by atoms with Gasteiger partial charge in [-0.3, -0.25) is 0 Å². The fourth-order valence-corrected chi connectivity index (χ4v) is 7.21.